The maximum atomic E-state index is 12.4. The van der Waals surface area contributed by atoms with Crippen molar-refractivity contribution in [2.75, 3.05) is 26.3 Å². The van der Waals surface area contributed by atoms with Gasteiger partial charge < -0.3 is 9.84 Å². The van der Waals surface area contributed by atoms with Crippen LogP contribution in [-0.4, -0.2) is 55.5 Å². The van der Waals surface area contributed by atoms with Gasteiger partial charge in [-0.3, -0.25) is 0 Å². The van der Waals surface area contributed by atoms with E-state index >= 15 is 0 Å². The molecule has 0 unspecified atom stereocenters. The summed E-state index contributed by atoms with van der Waals surface area (Å²) in [6, 6.07) is 0. The van der Waals surface area contributed by atoms with Gasteiger partial charge in [0, 0.05) is 13.1 Å². The molecule has 106 valence electrons. The van der Waals surface area contributed by atoms with Crippen molar-refractivity contribution in [1.82, 2.24) is 4.31 Å². The third-order valence-corrected chi connectivity index (χ3v) is 6.33. The lowest BCUT2D eigenvalue weighted by atomic mass is 10.1. The first-order valence-corrected chi connectivity index (χ1v) is 8.36. The first kappa shape index (κ1) is 14.2. The minimum atomic E-state index is -3.08. The van der Waals surface area contributed by atoms with Crippen LogP contribution in [0, 0.1) is 0 Å². The molecule has 1 saturated carbocycles. The van der Waals surface area contributed by atoms with Crippen LogP contribution in [0.2, 0.25) is 0 Å². The van der Waals surface area contributed by atoms with E-state index in [4.69, 9.17) is 9.84 Å². The fourth-order valence-corrected chi connectivity index (χ4v) is 4.94. The Morgan fingerprint density at radius 2 is 1.72 bits per heavy atom. The zero-order valence-corrected chi connectivity index (χ0v) is 11.6. The highest BCUT2D eigenvalue weighted by Crippen LogP contribution is 2.29. The van der Waals surface area contributed by atoms with Crippen molar-refractivity contribution >= 4 is 10.0 Å². The highest BCUT2D eigenvalue weighted by atomic mass is 32.2. The fourth-order valence-electron chi connectivity index (χ4n) is 2.87. The molecule has 0 aromatic carbocycles. The van der Waals surface area contributed by atoms with Gasteiger partial charge in [0.25, 0.3) is 0 Å². The Morgan fingerprint density at radius 3 is 2.28 bits per heavy atom. The number of ether oxygens (including phenoxy) is 1. The fraction of sp³-hybridized carbons (Fsp3) is 1.00. The summed E-state index contributed by atoms with van der Waals surface area (Å²) in [6.07, 6.45) is 5.32. The van der Waals surface area contributed by atoms with Crippen LogP contribution in [0.4, 0.5) is 0 Å². The molecule has 2 rings (SSSR count). The standard InChI is InChI=1S/C12H23NO4S/c14-9-10-17-11-5-7-13(8-6-11)18(15,16)12-3-1-2-4-12/h11-12,14H,1-10H2. The first-order valence-electron chi connectivity index (χ1n) is 6.86. The number of nitrogens with zero attached hydrogens (tertiary/aromatic N) is 1. The van der Waals surface area contributed by atoms with E-state index in [2.05, 4.69) is 0 Å². The van der Waals surface area contributed by atoms with Crippen LogP contribution in [0.25, 0.3) is 0 Å². The van der Waals surface area contributed by atoms with E-state index in [9.17, 15) is 8.42 Å². The van der Waals surface area contributed by atoms with Crippen molar-refractivity contribution in [1.29, 1.82) is 0 Å². The molecule has 2 aliphatic rings. The number of aliphatic hydroxyl groups is 1. The molecule has 1 heterocycles. The van der Waals surface area contributed by atoms with Gasteiger partial charge in [-0.25, -0.2) is 12.7 Å². The molecule has 1 aliphatic heterocycles. The highest BCUT2D eigenvalue weighted by molar-refractivity contribution is 7.89. The molecule has 6 heteroatoms. The van der Waals surface area contributed by atoms with Crippen molar-refractivity contribution in [3.8, 4) is 0 Å². The Labute approximate surface area is 109 Å². The molecule has 0 atom stereocenters. The van der Waals surface area contributed by atoms with Gasteiger partial charge in [0.15, 0.2) is 0 Å². The molecule has 0 bridgehead atoms. The van der Waals surface area contributed by atoms with Gasteiger partial charge in [0.2, 0.25) is 10.0 Å². The molecular weight excluding hydrogens is 254 g/mol. The molecule has 1 saturated heterocycles. The monoisotopic (exact) mass is 277 g/mol. The number of hydrogen-bond donors (Lipinski definition) is 1. The number of rotatable bonds is 5. The molecule has 5 nitrogen and oxygen atoms in total. The Bertz CT molecular complexity index is 343. The minimum Gasteiger partial charge on any atom is -0.394 e. The topological polar surface area (TPSA) is 66.8 Å². The molecular formula is C12H23NO4S. The molecule has 1 aliphatic carbocycles. The largest absolute Gasteiger partial charge is 0.394 e. The van der Waals surface area contributed by atoms with Crippen molar-refractivity contribution in [3.05, 3.63) is 0 Å². The summed E-state index contributed by atoms with van der Waals surface area (Å²) in [5.41, 5.74) is 0. The quantitative estimate of drug-likeness (QED) is 0.804. The van der Waals surface area contributed by atoms with Crippen molar-refractivity contribution < 1.29 is 18.3 Å². The summed E-state index contributed by atoms with van der Waals surface area (Å²) in [5.74, 6) is 0. The van der Waals surface area contributed by atoms with Crippen LogP contribution in [-0.2, 0) is 14.8 Å². The summed E-state index contributed by atoms with van der Waals surface area (Å²) in [7, 11) is -3.08. The van der Waals surface area contributed by atoms with Crippen LogP contribution in [0.5, 0.6) is 0 Å². The Balaban J connectivity index is 1.85. The third kappa shape index (κ3) is 3.23. The minimum absolute atomic E-state index is 0.0284. The highest BCUT2D eigenvalue weighted by Gasteiger charge is 2.36. The zero-order chi connectivity index (χ0) is 13.0. The molecule has 0 radical (unpaired) electrons. The second-order valence-corrected chi connectivity index (χ2v) is 7.36. The van der Waals surface area contributed by atoms with E-state index in [1.807, 2.05) is 0 Å². The van der Waals surface area contributed by atoms with E-state index in [0.29, 0.717) is 19.7 Å². The molecule has 18 heavy (non-hydrogen) atoms. The van der Waals surface area contributed by atoms with Crippen LogP contribution in [0.3, 0.4) is 0 Å². The summed E-state index contributed by atoms with van der Waals surface area (Å²) in [5, 5.41) is 8.54. The summed E-state index contributed by atoms with van der Waals surface area (Å²) in [4.78, 5) is 0. The van der Waals surface area contributed by atoms with Crippen LogP contribution >= 0.6 is 0 Å². The van der Waals surface area contributed by atoms with Gasteiger partial charge in [-0.15, -0.1) is 0 Å². The Hall–Kier alpha value is -0.170. The molecule has 1 N–H and O–H groups in total. The average Bonchev–Trinajstić information content (AvgIpc) is 2.91. The average molecular weight is 277 g/mol. The Morgan fingerprint density at radius 1 is 1.11 bits per heavy atom. The van der Waals surface area contributed by atoms with Crippen LogP contribution < -0.4 is 0 Å². The van der Waals surface area contributed by atoms with Crippen molar-refractivity contribution in [2.24, 2.45) is 0 Å². The van der Waals surface area contributed by atoms with Crippen LogP contribution in [0.15, 0.2) is 0 Å². The maximum Gasteiger partial charge on any atom is 0.216 e. The van der Waals surface area contributed by atoms with Gasteiger partial charge in [0.05, 0.1) is 24.6 Å². The number of hydrogen-bond acceptors (Lipinski definition) is 4. The molecule has 0 aromatic heterocycles. The summed E-state index contributed by atoms with van der Waals surface area (Å²) in [6.45, 7) is 1.50. The summed E-state index contributed by atoms with van der Waals surface area (Å²) < 4.78 is 31.8. The van der Waals surface area contributed by atoms with Gasteiger partial charge in [-0.05, 0) is 25.7 Å². The smallest absolute Gasteiger partial charge is 0.216 e. The number of piperidine rings is 1. The van der Waals surface area contributed by atoms with Gasteiger partial charge >= 0.3 is 0 Å². The number of sulfonamides is 1. The van der Waals surface area contributed by atoms with Crippen molar-refractivity contribution in [3.63, 3.8) is 0 Å². The maximum absolute atomic E-state index is 12.4. The van der Waals surface area contributed by atoms with Crippen molar-refractivity contribution in [2.45, 2.75) is 49.9 Å². The van der Waals surface area contributed by atoms with Gasteiger partial charge in [0.1, 0.15) is 0 Å². The van der Waals surface area contributed by atoms with Gasteiger partial charge in [-0.1, -0.05) is 12.8 Å². The SMILES string of the molecule is O=S(=O)(C1CCCC1)N1CCC(OCCO)CC1. The van der Waals surface area contributed by atoms with E-state index in [1.54, 1.807) is 4.31 Å². The lowest BCUT2D eigenvalue weighted by Gasteiger charge is -2.32. The lowest BCUT2D eigenvalue weighted by Crippen LogP contribution is -2.44. The predicted octanol–water partition coefficient (Wildman–Crippen LogP) is 0.732. The normalized spacial score (nSPS) is 24.7. The lowest BCUT2D eigenvalue weighted by molar-refractivity contribution is 0.00309. The summed E-state index contributed by atoms with van der Waals surface area (Å²) >= 11 is 0. The molecule has 2 fully saturated rings. The third-order valence-electron chi connectivity index (χ3n) is 3.93. The number of aliphatic hydroxyl groups excluding tert-OH is 1. The van der Waals surface area contributed by atoms with Crippen LogP contribution in [0.1, 0.15) is 38.5 Å². The zero-order valence-electron chi connectivity index (χ0n) is 10.8. The first-order chi connectivity index (χ1) is 8.64. The molecule has 0 amide bonds. The second-order valence-electron chi connectivity index (χ2n) is 5.14. The van der Waals surface area contributed by atoms with E-state index in [0.717, 1.165) is 38.5 Å². The van der Waals surface area contributed by atoms with Gasteiger partial charge in [-0.2, -0.15) is 0 Å². The molecule has 0 aromatic rings. The Kier molecular flexibility index (Phi) is 5.00. The molecule has 0 spiro atoms. The van der Waals surface area contributed by atoms with E-state index in [-0.39, 0.29) is 18.0 Å². The van der Waals surface area contributed by atoms with E-state index < -0.39 is 10.0 Å². The van der Waals surface area contributed by atoms with E-state index in [1.165, 1.54) is 0 Å². The predicted molar refractivity (Wildman–Crippen MR) is 68.8 cm³/mol. The second kappa shape index (κ2) is 6.32.